The number of nitrogens with zero attached hydrogens (tertiary/aromatic N) is 7. The van der Waals surface area contributed by atoms with Gasteiger partial charge in [0.1, 0.15) is 16.8 Å². The largest absolute Gasteiger partial charge is 0.384 e. The molecule has 0 aliphatic carbocycles. The first-order valence-corrected chi connectivity index (χ1v) is 12.5. The predicted molar refractivity (Wildman–Crippen MR) is 146 cm³/mol. The van der Waals surface area contributed by atoms with E-state index in [1.54, 1.807) is 54.9 Å². The molecule has 1 aliphatic rings. The molecule has 1 aromatic carbocycles. The van der Waals surface area contributed by atoms with Crippen LogP contribution in [0.4, 0.5) is 21.7 Å². The van der Waals surface area contributed by atoms with Crippen molar-refractivity contribution in [2.75, 3.05) is 43.4 Å². The highest BCUT2D eigenvalue weighted by Gasteiger charge is 2.22. The summed E-state index contributed by atoms with van der Waals surface area (Å²) in [5.74, 6) is 0.278. The summed E-state index contributed by atoms with van der Waals surface area (Å²) in [6, 6.07) is 10.2. The van der Waals surface area contributed by atoms with Crippen molar-refractivity contribution >= 4 is 28.4 Å². The van der Waals surface area contributed by atoms with Crippen LogP contribution in [0.25, 0.3) is 16.9 Å². The number of anilines is 3. The van der Waals surface area contributed by atoms with Gasteiger partial charge in [0.15, 0.2) is 11.5 Å². The van der Waals surface area contributed by atoms with Gasteiger partial charge in [-0.2, -0.15) is 4.98 Å². The van der Waals surface area contributed by atoms with Crippen LogP contribution in [0.15, 0.2) is 60.0 Å². The fourth-order valence-electron chi connectivity index (χ4n) is 4.51. The molecule has 11 heteroatoms. The number of piperazine rings is 1. The fraction of sp³-hybridized carbons (Fsp3) is 0.333. The van der Waals surface area contributed by atoms with Crippen molar-refractivity contribution in [1.82, 2.24) is 29.2 Å². The predicted octanol–water partition coefficient (Wildman–Crippen LogP) is 3.03. The minimum atomic E-state index is -1.18. The Balaban J connectivity index is 1.52. The van der Waals surface area contributed by atoms with Crippen LogP contribution in [-0.4, -0.2) is 67.5 Å². The molecule has 4 aromatic rings. The molecule has 1 saturated heterocycles. The molecule has 5 rings (SSSR count). The molecule has 0 atom stereocenters. The van der Waals surface area contributed by atoms with Gasteiger partial charge in [-0.15, -0.1) is 6.58 Å². The molecule has 4 heterocycles. The van der Waals surface area contributed by atoms with Crippen LogP contribution in [0.3, 0.4) is 0 Å². The zero-order valence-corrected chi connectivity index (χ0v) is 21.7. The molecule has 38 heavy (non-hydrogen) atoms. The third-order valence-electron chi connectivity index (χ3n) is 6.60. The highest BCUT2D eigenvalue weighted by molar-refractivity contribution is 5.77. The Morgan fingerprint density at radius 3 is 2.61 bits per heavy atom. The van der Waals surface area contributed by atoms with Crippen molar-refractivity contribution in [1.29, 1.82) is 0 Å². The second kappa shape index (κ2) is 9.99. The summed E-state index contributed by atoms with van der Waals surface area (Å²) in [4.78, 5) is 30.9. The Labute approximate surface area is 219 Å². The average molecular weight is 519 g/mol. The van der Waals surface area contributed by atoms with Gasteiger partial charge in [0, 0.05) is 38.1 Å². The first-order chi connectivity index (χ1) is 18.2. The van der Waals surface area contributed by atoms with Crippen molar-refractivity contribution in [2.45, 2.75) is 26.0 Å². The molecule has 2 N–H and O–H groups in total. The van der Waals surface area contributed by atoms with Crippen molar-refractivity contribution in [3.05, 3.63) is 77.1 Å². The summed E-state index contributed by atoms with van der Waals surface area (Å²) in [5.41, 5.74) is 0.339. The molecule has 1 fully saturated rings. The van der Waals surface area contributed by atoms with Crippen LogP contribution in [0.1, 0.15) is 19.5 Å². The summed E-state index contributed by atoms with van der Waals surface area (Å²) < 4.78 is 18.1. The molecule has 10 nitrogen and oxygen atoms in total. The standard InChI is InChI=1S/C27H31FN8O2/c1-5-11-35-25(37)19-17-29-26(32-24(19)36(35)23-8-6-7-22(31-23)27(2,3)38)30-18-9-10-21(20(28)16-18)34-14-12-33(4)13-15-34/h5-10,16-17,38H,1,11-15H2,2-4H3,(H,29,30,32). The molecular weight excluding hydrogens is 487 g/mol. The highest BCUT2D eigenvalue weighted by Crippen LogP contribution is 2.26. The summed E-state index contributed by atoms with van der Waals surface area (Å²) in [5, 5.41) is 13.8. The first kappa shape index (κ1) is 25.6. The number of allylic oxidation sites excluding steroid dienone is 1. The lowest BCUT2D eigenvalue weighted by Gasteiger charge is -2.34. The number of aromatic nitrogens is 5. The molecule has 0 spiro atoms. The number of fused-ring (bicyclic) bond motifs is 1. The van der Waals surface area contributed by atoms with E-state index in [9.17, 15) is 9.90 Å². The van der Waals surface area contributed by atoms with Gasteiger partial charge in [0.05, 0.1) is 17.9 Å². The van der Waals surface area contributed by atoms with E-state index in [1.165, 1.54) is 16.9 Å². The molecular formula is C27H31FN8O2. The summed E-state index contributed by atoms with van der Waals surface area (Å²) in [6.07, 6.45) is 3.05. The zero-order chi connectivity index (χ0) is 27.0. The van der Waals surface area contributed by atoms with Crippen LogP contribution >= 0.6 is 0 Å². The third kappa shape index (κ3) is 4.90. The normalized spacial score (nSPS) is 14.7. The number of rotatable bonds is 7. The topological polar surface area (TPSA) is 104 Å². The SMILES string of the molecule is C=CCn1c(=O)c2cnc(Nc3ccc(N4CCN(C)CC4)c(F)c3)nc2n1-c1cccc(C(C)(C)O)n1. The molecule has 198 valence electrons. The van der Waals surface area contributed by atoms with E-state index in [2.05, 4.69) is 38.8 Å². The van der Waals surface area contributed by atoms with E-state index >= 15 is 4.39 Å². The molecule has 3 aromatic heterocycles. The maximum Gasteiger partial charge on any atom is 0.278 e. The average Bonchev–Trinajstić information content (AvgIpc) is 3.15. The Morgan fingerprint density at radius 2 is 1.92 bits per heavy atom. The summed E-state index contributed by atoms with van der Waals surface area (Å²) in [7, 11) is 2.06. The lowest BCUT2D eigenvalue weighted by atomic mass is 10.1. The molecule has 1 aliphatic heterocycles. The lowest BCUT2D eigenvalue weighted by molar-refractivity contribution is 0.0738. The number of benzene rings is 1. The van der Waals surface area contributed by atoms with Gasteiger partial charge in [-0.25, -0.2) is 23.7 Å². The van der Waals surface area contributed by atoms with E-state index in [-0.39, 0.29) is 23.9 Å². The van der Waals surface area contributed by atoms with E-state index in [1.807, 2.05) is 4.90 Å². The number of aliphatic hydroxyl groups is 1. The van der Waals surface area contributed by atoms with Gasteiger partial charge in [-0.1, -0.05) is 12.1 Å². The second-order valence-corrected chi connectivity index (χ2v) is 9.94. The van der Waals surface area contributed by atoms with Gasteiger partial charge in [0.25, 0.3) is 5.56 Å². The maximum atomic E-state index is 15.0. The van der Waals surface area contributed by atoms with E-state index in [4.69, 9.17) is 0 Å². The quantitative estimate of drug-likeness (QED) is 0.360. The Bertz CT molecular complexity index is 1550. The Kier molecular flexibility index (Phi) is 6.72. The molecule has 0 unspecified atom stereocenters. The van der Waals surface area contributed by atoms with Crippen LogP contribution < -0.4 is 15.8 Å². The lowest BCUT2D eigenvalue weighted by Crippen LogP contribution is -2.44. The van der Waals surface area contributed by atoms with Gasteiger partial charge >= 0.3 is 0 Å². The van der Waals surface area contributed by atoms with Crippen molar-refractivity contribution in [3.8, 4) is 5.82 Å². The number of hydrogen-bond acceptors (Lipinski definition) is 8. The monoisotopic (exact) mass is 518 g/mol. The summed E-state index contributed by atoms with van der Waals surface area (Å²) in [6.45, 7) is 10.6. The molecule has 0 bridgehead atoms. The Hall–Kier alpha value is -4.09. The molecule has 0 amide bonds. The number of pyridine rings is 1. The van der Waals surface area contributed by atoms with Crippen molar-refractivity contribution < 1.29 is 9.50 Å². The first-order valence-electron chi connectivity index (χ1n) is 12.5. The highest BCUT2D eigenvalue weighted by atomic mass is 19.1. The van der Waals surface area contributed by atoms with E-state index < -0.39 is 5.60 Å². The van der Waals surface area contributed by atoms with Crippen molar-refractivity contribution in [3.63, 3.8) is 0 Å². The van der Waals surface area contributed by atoms with Crippen LogP contribution in [0.5, 0.6) is 0 Å². The van der Waals surface area contributed by atoms with E-state index in [0.717, 1.165) is 26.2 Å². The van der Waals surface area contributed by atoms with Gasteiger partial charge in [-0.3, -0.25) is 4.79 Å². The number of nitrogens with one attached hydrogen (secondary N) is 1. The van der Waals surface area contributed by atoms with Gasteiger partial charge in [0.2, 0.25) is 5.95 Å². The van der Waals surface area contributed by atoms with Crippen LogP contribution in [0, 0.1) is 5.82 Å². The maximum absolute atomic E-state index is 15.0. The minimum absolute atomic E-state index is 0.201. The Morgan fingerprint density at radius 1 is 1.16 bits per heavy atom. The fourth-order valence-corrected chi connectivity index (χ4v) is 4.51. The summed E-state index contributed by atoms with van der Waals surface area (Å²) >= 11 is 0. The zero-order valence-electron chi connectivity index (χ0n) is 21.7. The number of likely N-dealkylation sites (N-methyl/N-ethyl adjacent to an activating group) is 1. The second-order valence-electron chi connectivity index (χ2n) is 9.94. The minimum Gasteiger partial charge on any atom is -0.384 e. The van der Waals surface area contributed by atoms with Gasteiger partial charge < -0.3 is 20.2 Å². The van der Waals surface area contributed by atoms with Crippen LogP contribution in [0.2, 0.25) is 0 Å². The smallest absolute Gasteiger partial charge is 0.278 e. The number of halogens is 1. The van der Waals surface area contributed by atoms with E-state index in [0.29, 0.717) is 33.9 Å². The third-order valence-corrected chi connectivity index (χ3v) is 6.60. The molecule has 0 saturated carbocycles. The number of hydrogen-bond donors (Lipinski definition) is 2. The van der Waals surface area contributed by atoms with Crippen LogP contribution in [-0.2, 0) is 12.1 Å². The van der Waals surface area contributed by atoms with Gasteiger partial charge in [-0.05, 0) is 51.2 Å². The molecule has 0 radical (unpaired) electrons. The van der Waals surface area contributed by atoms with Crippen molar-refractivity contribution in [2.24, 2.45) is 0 Å².